The Morgan fingerprint density at radius 1 is 1.10 bits per heavy atom. The van der Waals surface area contributed by atoms with E-state index in [2.05, 4.69) is 10.4 Å². The summed E-state index contributed by atoms with van der Waals surface area (Å²) in [5.41, 5.74) is 2.83. The molecule has 2 aromatic carbocycles. The molecule has 0 atom stereocenters. The van der Waals surface area contributed by atoms with Crippen LogP contribution in [0.3, 0.4) is 0 Å². The van der Waals surface area contributed by atoms with Crippen LogP contribution in [0.2, 0.25) is 5.02 Å². The van der Waals surface area contributed by atoms with E-state index < -0.39 is 0 Å². The standard InChI is InChI=1S/C23H22ClN3O3S/c1-27-23-17(21(26-27)15-6-9-18(29-2)19(12-15)30-3)13-20(31-23)22(28)25-11-10-14-4-7-16(24)8-5-14/h4-9,12-13H,10-11H2,1-3H3,(H,25,28). The minimum absolute atomic E-state index is 0.0894. The summed E-state index contributed by atoms with van der Waals surface area (Å²) in [6.07, 6.45) is 0.742. The van der Waals surface area contributed by atoms with Crippen LogP contribution < -0.4 is 14.8 Å². The van der Waals surface area contributed by atoms with Gasteiger partial charge in [-0.3, -0.25) is 9.48 Å². The van der Waals surface area contributed by atoms with Gasteiger partial charge in [-0.15, -0.1) is 11.3 Å². The quantitative estimate of drug-likeness (QED) is 0.428. The zero-order valence-corrected chi connectivity index (χ0v) is 19.0. The first-order valence-corrected chi connectivity index (χ1v) is 10.9. The number of methoxy groups -OCH3 is 2. The molecule has 0 bridgehead atoms. The number of carbonyl (C=O) groups is 1. The lowest BCUT2D eigenvalue weighted by atomic mass is 10.1. The zero-order valence-electron chi connectivity index (χ0n) is 17.4. The van der Waals surface area contributed by atoms with Gasteiger partial charge in [0.2, 0.25) is 0 Å². The maximum absolute atomic E-state index is 12.7. The molecule has 0 fully saturated rings. The number of hydrogen-bond donors (Lipinski definition) is 1. The van der Waals surface area contributed by atoms with E-state index in [1.165, 1.54) is 11.3 Å². The van der Waals surface area contributed by atoms with E-state index in [0.717, 1.165) is 33.5 Å². The van der Waals surface area contributed by atoms with Crippen molar-refractivity contribution in [2.75, 3.05) is 20.8 Å². The highest BCUT2D eigenvalue weighted by molar-refractivity contribution is 7.20. The molecule has 0 spiro atoms. The van der Waals surface area contributed by atoms with Crippen molar-refractivity contribution in [1.82, 2.24) is 15.1 Å². The second-order valence-corrected chi connectivity index (χ2v) is 8.47. The summed E-state index contributed by atoms with van der Waals surface area (Å²) in [5, 5.41) is 9.28. The molecule has 4 aromatic rings. The van der Waals surface area contributed by atoms with Crippen molar-refractivity contribution in [2.24, 2.45) is 7.05 Å². The number of aromatic nitrogens is 2. The Labute approximate surface area is 189 Å². The van der Waals surface area contributed by atoms with Gasteiger partial charge in [0.05, 0.1) is 19.1 Å². The van der Waals surface area contributed by atoms with Crippen LogP contribution in [-0.4, -0.2) is 36.5 Å². The number of rotatable bonds is 7. The van der Waals surface area contributed by atoms with Crippen molar-refractivity contribution in [3.8, 4) is 22.8 Å². The van der Waals surface area contributed by atoms with Gasteiger partial charge in [0, 0.05) is 29.6 Å². The second kappa shape index (κ2) is 8.99. The SMILES string of the molecule is COc1ccc(-c2nn(C)c3sc(C(=O)NCCc4ccc(Cl)cc4)cc23)cc1OC. The smallest absolute Gasteiger partial charge is 0.261 e. The van der Waals surface area contributed by atoms with E-state index in [-0.39, 0.29) is 5.91 Å². The predicted octanol–water partition coefficient (Wildman–Crippen LogP) is 4.94. The van der Waals surface area contributed by atoms with Gasteiger partial charge in [0.1, 0.15) is 10.5 Å². The summed E-state index contributed by atoms with van der Waals surface area (Å²) in [6.45, 7) is 0.551. The van der Waals surface area contributed by atoms with E-state index in [4.69, 9.17) is 21.1 Å². The van der Waals surface area contributed by atoms with Crippen molar-refractivity contribution in [3.05, 3.63) is 64.0 Å². The van der Waals surface area contributed by atoms with Crippen LogP contribution in [0.4, 0.5) is 0 Å². The lowest BCUT2D eigenvalue weighted by Crippen LogP contribution is -2.24. The van der Waals surface area contributed by atoms with Crippen LogP contribution in [0.25, 0.3) is 21.5 Å². The number of hydrogen-bond acceptors (Lipinski definition) is 5. The van der Waals surface area contributed by atoms with Crippen LogP contribution in [0.15, 0.2) is 48.5 Å². The van der Waals surface area contributed by atoms with Crippen LogP contribution in [-0.2, 0) is 13.5 Å². The van der Waals surface area contributed by atoms with Gasteiger partial charge in [-0.2, -0.15) is 5.10 Å². The molecule has 0 saturated heterocycles. The molecule has 1 N–H and O–H groups in total. The van der Waals surface area contributed by atoms with Gasteiger partial charge in [-0.1, -0.05) is 23.7 Å². The number of fused-ring (bicyclic) bond motifs is 1. The summed E-state index contributed by atoms with van der Waals surface area (Å²) in [4.78, 5) is 14.3. The summed E-state index contributed by atoms with van der Waals surface area (Å²) >= 11 is 7.35. The maximum Gasteiger partial charge on any atom is 0.261 e. The lowest BCUT2D eigenvalue weighted by Gasteiger charge is -2.08. The van der Waals surface area contributed by atoms with Crippen LogP contribution in [0.5, 0.6) is 11.5 Å². The lowest BCUT2D eigenvalue weighted by molar-refractivity contribution is 0.0958. The monoisotopic (exact) mass is 455 g/mol. The number of halogens is 1. The highest BCUT2D eigenvalue weighted by atomic mass is 35.5. The molecule has 1 amide bonds. The van der Waals surface area contributed by atoms with Gasteiger partial charge in [0.15, 0.2) is 11.5 Å². The van der Waals surface area contributed by atoms with E-state index >= 15 is 0 Å². The number of benzene rings is 2. The molecule has 31 heavy (non-hydrogen) atoms. The molecular formula is C23H22ClN3O3S. The number of thiophene rings is 1. The third kappa shape index (κ3) is 4.38. The molecule has 4 rings (SSSR count). The van der Waals surface area contributed by atoms with E-state index in [9.17, 15) is 4.79 Å². The molecule has 2 heterocycles. The molecule has 8 heteroatoms. The van der Waals surface area contributed by atoms with Crippen molar-refractivity contribution < 1.29 is 14.3 Å². The van der Waals surface area contributed by atoms with Crippen LogP contribution >= 0.6 is 22.9 Å². The molecule has 0 radical (unpaired) electrons. The summed E-state index contributed by atoms with van der Waals surface area (Å²) in [5.74, 6) is 1.20. The summed E-state index contributed by atoms with van der Waals surface area (Å²) in [6, 6.07) is 15.2. The summed E-state index contributed by atoms with van der Waals surface area (Å²) < 4.78 is 12.5. The Balaban J connectivity index is 1.54. The maximum atomic E-state index is 12.7. The summed E-state index contributed by atoms with van der Waals surface area (Å²) in [7, 11) is 5.09. The second-order valence-electron chi connectivity index (χ2n) is 7.00. The van der Waals surface area contributed by atoms with Crippen molar-refractivity contribution in [3.63, 3.8) is 0 Å². The number of nitrogens with one attached hydrogen (secondary N) is 1. The highest BCUT2D eigenvalue weighted by Gasteiger charge is 2.19. The normalized spacial score (nSPS) is 11.0. The Bertz CT molecular complexity index is 1230. The molecule has 0 aliphatic rings. The Hall–Kier alpha value is -3.03. The van der Waals surface area contributed by atoms with Gasteiger partial charge >= 0.3 is 0 Å². The molecule has 6 nitrogen and oxygen atoms in total. The molecule has 0 aliphatic carbocycles. The minimum Gasteiger partial charge on any atom is -0.493 e. The average molecular weight is 456 g/mol. The molecule has 0 unspecified atom stereocenters. The number of aryl methyl sites for hydroxylation is 1. The van der Waals surface area contributed by atoms with Crippen molar-refractivity contribution >= 4 is 39.1 Å². The van der Waals surface area contributed by atoms with Gasteiger partial charge in [-0.05, 0) is 48.4 Å². The van der Waals surface area contributed by atoms with Gasteiger partial charge < -0.3 is 14.8 Å². The van der Waals surface area contributed by atoms with E-state index in [1.807, 2.05) is 55.6 Å². The predicted molar refractivity (Wildman–Crippen MR) is 125 cm³/mol. The first kappa shape index (κ1) is 21.2. The Morgan fingerprint density at radius 3 is 2.55 bits per heavy atom. The number of nitrogens with zero attached hydrogens (tertiary/aromatic N) is 2. The zero-order chi connectivity index (χ0) is 22.0. The third-order valence-corrected chi connectivity index (χ3v) is 6.46. The fourth-order valence-electron chi connectivity index (χ4n) is 3.41. The molecule has 160 valence electrons. The van der Waals surface area contributed by atoms with E-state index in [1.54, 1.807) is 18.9 Å². The Kier molecular flexibility index (Phi) is 6.15. The largest absolute Gasteiger partial charge is 0.493 e. The first-order chi connectivity index (χ1) is 15.0. The van der Waals surface area contributed by atoms with Crippen LogP contribution in [0.1, 0.15) is 15.2 Å². The average Bonchev–Trinajstić information content (AvgIpc) is 3.35. The van der Waals surface area contributed by atoms with Crippen LogP contribution in [0, 0.1) is 0 Å². The highest BCUT2D eigenvalue weighted by Crippen LogP contribution is 2.37. The molecule has 0 saturated carbocycles. The molecular weight excluding hydrogens is 434 g/mol. The van der Waals surface area contributed by atoms with Gasteiger partial charge in [0.25, 0.3) is 5.91 Å². The number of ether oxygens (including phenoxy) is 2. The van der Waals surface area contributed by atoms with Crippen molar-refractivity contribution in [2.45, 2.75) is 6.42 Å². The van der Waals surface area contributed by atoms with E-state index in [0.29, 0.717) is 27.9 Å². The molecule has 2 aromatic heterocycles. The Morgan fingerprint density at radius 2 is 1.84 bits per heavy atom. The van der Waals surface area contributed by atoms with Crippen molar-refractivity contribution in [1.29, 1.82) is 0 Å². The number of amides is 1. The fourth-order valence-corrected chi connectivity index (χ4v) is 4.52. The topological polar surface area (TPSA) is 65.4 Å². The first-order valence-electron chi connectivity index (χ1n) is 9.71. The molecule has 0 aliphatic heterocycles. The number of carbonyl (C=O) groups excluding carboxylic acids is 1. The minimum atomic E-state index is -0.0894. The third-order valence-electron chi connectivity index (χ3n) is 5.00. The van der Waals surface area contributed by atoms with Gasteiger partial charge in [-0.25, -0.2) is 0 Å². The fraction of sp³-hybridized carbons (Fsp3) is 0.217.